The van der Waals surface area contributed by atoms with Crippen LogP contribution in [0, 0.1) is 11.8 Å². The molecule has 1 aliphatic rings. The summed E-state index contributed by atoms with van der Waals surface area (Å²) in [7, 11) is 2.35. The number of hydrogen-bond donors (Lipinski definition) is 1. The molecule has 0 aromatic carbocycles. The molecule has 0 spiro atoms. The van der Waals surface area contributed by atoms with Crippen LogP contribution in [-0.2, 0) is 0 Å². The smallest absolute Gasteiger partial charge is 0.0251 e. The average Bonchev–Trinajstić information content (AvgIpc) is 2.44. The minimum absolute atomic E-state index is 0.673. The Labute approximate surface area is 127 Å². The maximum Gasteiger partial charge on any atom is 0.0251 e. The number of rotatable bonds is 8. The molecule has 0 saturated heterocycles. The second-order valence-corrected chi connectivity index (χ2v) is 7.25. The Morgan fingerprint density at radius 2 is 1.80 bits per heavy atom. The van der Waals surface area contributed by atoms with Crippen molar-refractivity contribution in [3.05, 3.63) is 0 Å². The zero-order chi connectivity index (χ0) is 15.1. The first-order valence-corrected chi connectivity index (χ1v) is 8.96. The van der Waals surface area contributed by atoms with Crippen molar-refractivity contribution in [2.75, 3.05) is 13.6 Å². The van der Waals surface area contributed by atoms with E-state index >= 15 is 0 Å². The van der Waals surface area contributed by atoms with Gasteiger partial charge in [0.15, 0.2) is 0 Å². The van der Waals surface area contributed by atoms with E-state index in [1.807, 2.05) is 0 Å². The lowest BCUT2D eigenvalue weighted by Gasteiger charge is -2.45. The van der Waals surface area contributed by atoms with Gasteiger partial charge < -0.3 is 5.32 Å². The molecule has 0 bridgehead atoms. The van der Waals surface area contributed by atoms with Crippen LogP contribution in [0.2, 0.25) is 0 Å². The van der Waals surface area contributed by atoms with Crippen molar-refractivity contribution < 1.29 is 0 Å². The van der Waals surface area contributed by atoms with Gasteiger partial charge in [-0.1, -0.05) is 40.5 Å². The third-order valence-electron chi connectivity index (χ3n) is 5.41. The summed E-state index contributed by atoms with van der Waals surface area (Å²) in [5.41, 5.74) is 0. The minimum atomic E-state index is 0.673. The molecule has 0 heterocycles. The molecule has 0 aliphatic heterocycles. The Morgan fingerprint density at radius 1 is 1.10 bits per heavy atom. The van der Waals surface area contributed by atoms with E-state index in [2.05, 4.69) is 51.9 Å². The molecule has 0 amide bonds. The van der Waals surface area contributed by atoms with E-state index in [4.69, 9.17) is 0 Å². The van der Waals surface area contributed by atoms with Crippen molar-refractivity contribution in [3.63, 3.8) is 0 Å². The molecule has 0 aromatic heterocycles. The van der Waals surface area contributed by atoms with Crippen molar-refractivity contribution >= 4 is 0 Å². The second kappa shape index (κ2) is 9.04. The molecule has 2 heteroatoms. The van der Waals surface area contributed by atoms with Gasteiger partial charge in [0, 0.05) is 18.1 Å². The van der Waals surface area contributed by atoms with Crippen LogP contribution < -0.4 is 5.32 Å². The summed E-state index contributed by atoms with van der Waals surface area (Å²) in [6.07, 6.45) is 8.18. The van der Waals surface area contributed by atoms with Crippen molar-refractivity contribution in [3.8, 4) is 0 Å². The van der Waals surface area contributed by atoms with Crippen LogP contribution in [0.3, 0.4) is 0 Å². The van der Waals surface area contributed by atoms with Crippen LogP contribution in [0.5, 0.6) is 0 Å². The molecular formula is C18H38N2. The van der Waals surface area contributed by atoms with Crippen LogP contribution in [0.25, 0.3) is 0 Å². The first-order valence-electron chi connectivity index (χ1n) is 8.96. The maximum absolute atomic E-state index is 3.82. The zero-order valence-electron chi connectivity index (χ0n) is 14.8. The van der Waals surface area contributed by atoms with Crippen molar-refractivity contribution in [2.24, 2.45) is 11.8 Å². The van der Waals surface area contributed by atoms with Gasteiger partial charge in [0.1, 0.15) is 0 Å². The standard InChI is InChI=1S/C18H38N2/c1-7-9-16-10-11-17(19-12-8-2)18(13-16)20(6)15(5)14(3)4/h14-19H,7-13H2,1-6H3. The highest BCUT2D eigenvalue weighted by atomic mass is 15.2. The summed E-state index contributed by atoms with van der Waals surface area (Å²) < 4.78 is 0. The first-order chi connectivity index (χ1) is 9.51. The molecular weight excluding hydrogens is 244 g/mol. The van der Waals surface area contributed by atoms with Gasteiger partial charge >= 0.3 is 0 Å². The van der Waals surface area contributed by atoms with E-state index in [0.29, 0.717) is 12.1 Å². The molecule has 1 rings (SSSR count). The Bertz CT molecular complexity index is 252. The minimum Gasteiger partial charge on any atom is -0.312 e. The molecule has 120 valence electrons. The van der Waals surface area contributed by atoms with Crippen LogP contribution in [0.1, 0.15) is 73.1 Å². The Hall–Kier alpha value is -0.0800. The molecule has 1 aliphatic carbocycles. The monoisotopic (exact) mass is 282 g/mol. The molecule has 0 radical (unpaired) electrons. The maximum atomic E-state index is 3.82. The fraction of sp³-hybridized carbons (Fsp3) is 1.00. The first kappa shape index (κ1) is 18.0. The number of likely N-dealkylation sites (N-methyl/N-ethyl adjacent to an activating group) is 1. The molecule has 2 nitrogen and oxygen atoms in total. The van der Waals surface area contributed by atoms with Gasteiger partial charge in [-0.15, -0.1) is 0 Å². The molecule has 1 N–H and O–H groups in total. The predicted molar refractivity (Wildman–Crippen MR) is 90.2 cm³/mol. The van der Waals surface area contributed by atoms with Crippen LogP contribution in [0.4, 0.5) is 0 Å². The largest absolute Gasteiger partial charge is 0.312 e. The van der Waals surface area contributed by atoms with E-state index in [1.54, 1.807) is 0 Å². The van der Waals surface area contributed by atoms with E-state index in [0.717, 1.165) is 17.9 Å². The van der Waals surface area contributed by atoms with Crippen LogP contribution >= 0.6 is 0 Å². The van der Waals surface area contributed by atoms with E-state index in [9.17, 15) is 0 Å². The van der Waals surface area contributed by atoms with E-state index in [1.165, 1.54) is 45.1 Å². The Kier molecular flexibility index (Phi) is 8.13. The summed E-state index contributed by atoms with van der Waals surface area (Å²) in [5.74, 6) is 1.69. The lowest BCUT2D eigenvalue weighted by molar-refractivity contribution is 0.0701. The molecule has 20 heavy (non-hydrogen) atoms. The van der Waals surface area contributed by atoms with Gasteiger partial charge in [-0.05, 0) is 58.0 Å². The lowest BCUT2D eigenvalue weighted by atomic mass is 9.79. The molecule has 1 fully saturated rings. The third-order valence-corrected chi connectivity index (χ3v) is 5.41. The topological polar surface area (TPSA) is 15.3 Å². The summed E-state index contributed by atoms with van der Waals surface area (Å²) in [5, 5.41) is 3.82. The van der Waals surface area contributed by atoms with Gasteiger partial charge in [0.25, 0.3) is 0 Å². The number of hydrogen-bond acceptors (Lipinski definition) is 2. The van der Waals surface area contributed by atoms with Gasteiger partial charge in [-0.25, -0.2) is 0 Å². The van der Waals surface area contributed by atoms with Gasteiger partial charge in [-0.2, -0.15) is 0 Å². The Balaban J connectivity index is 2.69. The number of nitrogens with one attached hydrogen (secondary N) is 1. The zero-order valence-corrected chi connectivity index (χ0v) is 14.8. The highest BCUT2D eigenvalue weighted by Gasteiger charge is 2.34. The SMILES string of the molecule is CCCNC1CCC(CCC)CC1N(C)C(C)C(C)C. The fourth-order valence-corrected chi connectivity index (χ4v) is 3.69. The second-order valence-electron chi connectivity index (χ2n) is 7.25. The van der Waals surface area contributed by atoms with Gasteiger partial charge in [0.2, 0.25) is 0 Å². The summed E-state index contributed by atoms with van der Waals surface area (Å²) >= 11 is 0. The van der Waals surface area contributed by atoms with Crippen LogP contribution in [0.15, 0.2) is 0 Å². The molecule has 0 aromatic rings. The van der Waals surface area contributed by atoms with Gasteiger partial charge in [0.05, 0.1) is 0 Å². The summed E-state index contributed by atoms with van der Waals surface area (Å²) in [6.45, 7) is 12.9. The molecule has 4 atom stereocenters. The fourth-order valence-electron chi connectivity index (χ4n) is 3.69. The van der Waals surface area contributed by atoms with Crippen molar-refractivity contribution in [1.82, 2.24) is 10.2 Å². The summed E-state index contributed by atoms with van der Waals surface area (Å²) in [6, 6.07) is 2.10. The lowest BCUT2D eigenvalue weighted by Crippen LogP contribution is -2.55. The van der Waals surface area contributed by atoms with Crippen molar-refractivity contribution in [2.45, 2.75) is 91.3 Å². The third kappa shape index (κ3) is 5.04. The predicted octanol–water partition coefficient (Wildman–Crippen LogP) is 4.30. The quantitative estimate of drug-likeness (QED) is 0.714. The van der Waals surface area contributed by atoms with E-state index < -0.39 is 0 Å². The van der Waals surface area contributed by atoms with E-state index in [-0.39, 0.29) is 0 Å². The summed E-state index contributed by atoms with van der Waals surface area (Å²) in [4.78, 5) is 2.67. The van der Waals surface area contributed by atoms with Crippen LogP contribution in [-0.4, -0.2) is 36.6 Å². The molecule has 4 unspecified atom stereocenters. The van der Waals surface area contributed by atoms with Crippen molar-refractivity contribution in [1.29, 1.82) is 0 Å². The molecule has 1 saturated carbocycles. The van der Waals surface area contributed by atoms with Gasteiger partial charge in [-0.3, -0.25) is 4.90 Å². The Morgan fingerprint density at radius 3 is 2.35 bits per heavy atom. The normalized spacial score (nSPS) is 29.1. The highest BCUT2D eigenvalue weighted by Crippen LogP contribution is 2.32. The highest BCUT2D eigenvalue weighted by molar-refractivity contribution is 4.92. The average molecular weight is 283 g/mol. The number of nitrogens with zero attached hydrogens (tertiary/aromatic N) is 1.